The Morgan fingerprint density at radius 1 is 0.783 bits per heavy atom. The molecule has 1 aromatic heterocycles. The number of hydrogen-bond donors (Lipinski definition) is 0. The second-order valence-corrected chi connectivity index (χ2v) is 4.74. The zero-order valence-corrected chi connectivity index (χ0v) is 15.6. The number of aryl methyl sites for hydroxylation is 1. The minimum Gasteiger partial charge on any atom is -0.345 e. The van der Waals surface area contributed by atoms with Crippen LogP contribution in [-0.2, 0) is 7.05 Å². The van der Waals surface area contributed by atoms with Crippen LogP contribution in [0.2, 0.25) is 0 Å². The number of benzene rings is 1. The lowest BCUT2D eigenvalue weighted by Crippen LogP contribution is -2.15. The van der Waals surface area contributed by atoms with E-state index in [0.29, 0.717) is 0 Å². The molecule has 1 heteroatoms. The second kappa shape index (κ2) is 11.3. The highest BCUT2D eigenvalue weighted by atomic mass is 14.9. The lowest BCUT2D eigenvalue weighted by Gasteiger charge is -2.07. The fourth-order valence-corrected chi connectivity index (χ4v) is 2.03. The predicted octanol–water partition coefficient (Wildman–Crippen LogP) is 5.00. The van der Waals surface area contributed by atoms with Crippen molar-refractivity contribution in [3.05, 3.63) is 70.7 Å². The van der Waals surface area contributed by atoms with E-state index < -0.39 is 0 Å². The molecule has 1 aromatic carbocycles. The molecule has 0 atom stereocenters. The highest BCUT2D eigenvalue weighted by Gasteiger charge is 1.97. The summed E-state index contributed by atoms with van der Waals surface area (Å²) >= 11 is 0. The van der Waals surface area contributed by atoms with Gasteiger partial charge in [0.1, 0.15) is 0 Å². The summed E-state index contributed by atoms with van der Waals surface area (Å²) in [6.45, 7) is 18.3. The van der Waals surface area contributed by atoms with Crippen LogP contribution in [0.1, 0.15) is 33.3 Å². The Labute approximate surface area is 142 Å². The van der Waals surface area contributed by atoms with Crippen LogP contribution in [0.25, 0.3) is 24.4 Å². The molecule has 23 heavy (non-hydrogen) atoms. The van der Waals surface area contributed by atoms with Gasteiger partial charge >= 0.3 is 0 Å². The van der Waals surface area contributed by atoms with Gasteiger partial charge in [-0.1, -0.05) is 88.9 Å². The maximum absolute atomic E-state index is 4.12. The standard InChI is InChI=1S/C18H19N.2C2H6/c1-14-10-11-16(3)19(4)18(13-15(2)12-14)17-8-6-5-7-9-17;2*1-2/h5-13H,2-3H2,1,4H3;2*1-2H3. The van der Waals surface area contributed by atoms with Crippen LogP contribution < -0.4 is 10.6 Å². The molecule has 0 spiro atoms. The van der Waals surface area contributed by atoms with Crippen molar-refractivity contribution in [3.63, 3.8) is 0 Å². The maximum Gasteiger partial charge on any atom is 0.0487 e. The van der Waals surface area contributed by atoms with E-state index >= 15 is 0 Å². The molecule has 0 aliphatic rings. The average molecular weight is 309 g/mol. The Bertz CT molecular complexity index is 723. The van der Waals surface area contributed by atoms with Crippen molar-refractivity contribution in [3.8, 4) is 11.3 Å². The van der Waals surface area contributed by atoms with Crippen molar-refractivity contribution in [2.45, 2.75) is 34.6 Å². The van der Waals surface area contributed by atoms with Gasteiger partial charge in [-0.25, -0.2) is 0 Å². The van der Waals surface area contributed by atoms with Gasteiger partial charge in [-0.2, -0.15) is 0 Å². The largest absolute Gasteiger partial charge is 0.345 e. The van der Waals surface area contributed by atoms with Crippen molar-refractivity contribution in [1.29, 1.82) is 0 Å². The van der Waals surface area contributed by atoms with Gasteiger partial charge in [0.25, 0.3) is 0 Å². The minimum absolute atomic E-state index is 0.956. The summed E-state index contributed by atoms with van der Waals surface area (Å²) in [7, 11) is 2.03. The molecule has 124 valence electrons. The Morgan fingerprint density at radius 3 is 1.91 bits per heavy atom. The van der Waals surface area contributed by atoms with Crippen LogP contribution in [0.4, 0.5) is 0 Å². The second-order valence-electron chi connectivity index (χ2n) is 4.74. The molecule has 0 radical (unpaired) electrons. The van der Waals surface area contributed by atoms with E-state index in [2.05, 4.69) is 55.0 Å². The van der Waals surface area contributed by atoms with Gasteiger partial charge in [-0.15, -0.1) is 0 Å². The van der Waals surface area contributed by atoms with E-state index in [9.17, 15) is 0 Å². The zero-order chi connectivity index (χ0) is 17.8. The van der Waals surface area contributed by atoms with Crippen molar-refractivity contribution in [2.24, 2.45) is 7.05 Å². The summed E-state index contributed by atoms with van der Waals surface area (Å²) < 4.78 is 2.09. The van der Waals surface area contributed by atoms with Crippen LogP contribution in [-0.4, -0.2) is 4.57 Å². The van der Waals surface area contributed by atoms with Gasteiger partial charge in [0.2, 0.25) is 0 Å². The van der Waals surface area contributed by atoms with Gasteiger partial charge in [0.15, 0.2) is 0 Å². The topological polar surface area (TPSA) is 4.93 Å². The van der Waals surface area contributed by atoms with Gasteiger partial charge < -0.3 is 4.57 Å². The number of nitrogens with zero attached hydrogens (tertiary/aromatic N) is 1. The zero-order valence-electron chi connectivity index (χ0n) is 15.6. The van der Waals surface area contributed by atoms with Gasteiger partial charge in [0.05, 0.1) is 0 Å². The smallest absolute Gasteiger partial charge is 0.0487 e. The third kappa shape index (κ3) is 6.56. The van der Waals surface area contributed by atoms with Crippen LogP contribution in [0.3, 0.4) is 0 Å². The Kier molecular flexibility index (Phi) is 10.2. The minimum atomic E-state index is 0.956. The molecule has 2 rings (SSSR count). The summed E-state index contributed by atoms with van der Waals surface area (Å²) in [5.74, 6) is 0. The highest BCUT2D eigenvalue weighted by Crippen LogP contribution is 2.14. The van der Waals surface area contributed by atoms with E-state index in [4.69, 9.17) is 0 Å². The van der Waals surface area contributed by atoms with Crippen molar-refractivity contribution >= 4 is 13.2 Å². The summed E-state index contributed by atoms with van der Waals surface area (Å²) in [6.07, 6.45) is 0. The SMILES string of the molecule is C=c1cc(C)ccc(=C)n(C)c(-c2ccccc2)c1.CC.CC. The molecule has 0 aliphatic heterocycles. The number of rotatable bonds is 1. The molecule has 1 nitrogen and oxygen atoms in total. The van der Waals surface area contributed by atoms with Gasteiger partial charge in [0, 0.05) is 18.1 Å². The van der Waals surface area contributed by atoms with Gasteiger partial charge in [-0.3, -0.25) is 0 Å². The first kappa shape index (κ1) is 20.7. The van der Waals surface area contributed by atoms with Crippen LogP contribution in [0.5, 0.6) is 0 Å². The van der Waals surface area contributed by atoms with E-state index in [1.807, 2.05) is 59.0 Å². The lowest BCUT2D eigenvalue weighted by atomic mass is 10.1. The first-order valence-corrected chi connectivity index (χ1v) is 8.33. The maximum atomic E-state index is 4.12. The molecule has 0 amide bonds. The normalized spacial score (nSPS) is 8.78. The summed E-state index contributed by atoms with van der Waals surface area (Å²) in [5, 5.41) is 1.94. The quantitative estimate of drug-likeness (QED) is 0.699. The first-order chi connectivity index (χ1) is 11.1. The first-order valence-electron chi connectivity index (χ1n) is 8.33. The third-order valence-electron chi connectivity index (χ3n) is 3.14. The van der Waals surface area contributed by atoms with Crippen LogP contribution in [0.15, 0.2) is 54.6 Å². The lowest BCUT2D eigenvalue weighted by molar-refractivity contribution is 0.885. The summed E-state index contributed by atoms with van der Waals surface area (Å²) in [5.41, 5.74) is 3.44. The van der Waals surface area contributed by atoms with E-state index in [-0.39, 0.29) is 0 Å². The Morgan fingerprint density at radius 2 is 1.35 bits per heavy atom. The van der Waals surface area contributed by atoms with Crippen LogP contribution in [0, 0.1) is 6.92 Å². The summed E-state index contributed by atoms with van der Waals surface area (Å²) in [6, 6.07) is 18.6. The molecule has 0 unspecified atom stereocenters. The monoisotopic (exact) mass is 309 g/mol. The predicted molar refractivity (Wildman–Crippen MR) is 106 cm³/mol. The van der Waals surface area contributed by atoms with Crippen LogP contribution >= 0.6 is 0 Å². The molecular weight excluding hydrogens is 278 g/mol. The van der Waals surface area contributed by atoms with Crippen molar-refractivity contribution in [1.82, 2.24) is 4.57 Å². The molecule has 1 heterocycles. The van der Waals surface area contributed by atoms with E-state index in [1.165, 1.54) is 5.56 Å². The molecule has 0 aliphatic carbocycles. The van der Waals surface area contributed by atoms with Gasteiger partial charge in [-0.05, 0) is 29.8 Å². The fourth-order valence-electron chi connectivity index (χ4n) is 2.03. The molecule has 0 saturated carbocycles. The fraction of sp³-hybridized carbons (Fsp3) is 0.273. The van der Waals surface area contributed by atoms with Crippen molar-refractivity contribution < 1.29 is 0 Å². The number of aromatic nitrogens is 1. The van der Waals surface area contributed by atoms with E-state index in [1.54, 1.807) is 0 Å². The van der Waals surface area contributed by atoms with E-state index in [0.717, 1.165) is 21.8 Å². The molecule has 0 fully saturated rings. The highest BCUT2D eigenvalue weighted by molar-refractivity contribution is 5.59. The molecular formula is C22H31N. The number of hydrogen-bond acceptors (Lipinski definition) is 0. The average Bonchev–Trinajstić information content (AvgIpc) is 2.64. The van der Waals surface area contributed by atoms with Crippen molar-refractivity contribution in [2.75, 3.05) is 0 Å². The third-order valence-corrected chi connectivity index (χ3v) is 3.14. The molecule has 0 N–H and O–H groups in total. The molecule has 0 bridgehead atoms. The molecule has 0 saturated heterocycles. The Hall–Kier alpha value is -2.28. The summed E-state index contributed by atoms with van der Waals surface area (Å²) in [4.78, 5) is 0. The Balaban J connectivity index is 0.00000112. The molecule has 2 aromatic rings.